The van der Waals surface area contributed by atoms with E-state index in [9.17, 15) is 0 Å². The molecule has 0 spiro atoms. The van der Waals surface area contributed by atoms with Crippen LogP contribution in [0.15, 0.2) is 0 Å². The SMILES string of the molecule is CC(C)[Si](C)(O[Si](C)(C)C)O[Si](C)(C)C. The Labute approximate surface area is 98.9 Å². The molecule has 0 aromatic carbocycles. The van der Waals surface area contributed by atoms with Crippen LogP contribution in [0.1, 0.15) is 13.8 Å². The third kappa shape index (κ3) is 6.68. The fourth-order valence-corrected chi connectivity index (χ4v) is 13.6. The molecule has 2 nitrogen and oxygen atoms in total. The number of hydrogen-bond donors (Lipinski definition) is 0. The van der Waals surface area contributed by atoms with Crippen LogP contribution in [-0.4, -0.2) is 25.2 Å². The molecule has 0 saturated heterocycles. The Balaban J connectivity index is 4.76. The summed E-state index contributed by atoms with van der Waals surface area (Å²) in [6, 6.07) is 0. The highest BCUT2D eigenvalue weighted by molar-refractivity contribution is 6.88. The lowest BCUT2D eigenvalue weighted by Gasteiger charge is -2.40. The summed E-state index contributed by atoms with van der Waals surface area (Å²) in [5.41, 5.74) is 0.524. The Morgan fingerprint density at radius 2 is 0.933 bits per heavy atom. The van der Waals surface area contributed by atoms with Crippen molar-refractivity contribution in [2.75, 3.05) is 0 Å². The third-order valence-electron chi connectivity index (χ3n) is 2.07. The topological polar surface area (TPSA) is 18.5 Å². The average molecular weight is 265 g/mol. The van der Waals surface area contributed by atoms with Crippen molar-refractivity contribution in [1.82, 2.24) is 0 Å². The van der Waals surface area contributed by atoms with E-state index in [0.717, 1.165) is 0 Å². The lowest BCUT2D eigenvalue weighted by Crippen LogP contribution is -2.54. The molecule has 92 valence electrons. The van der Waals surface area contributed by atoms with Gasteiger partial charge in [0.2, 0.25) is 0 Å². The van der Waals surface area contributed by atoms with Crippen LogP contribution in [0.4, 0.5) is 0 Å². The maximum Gasteiger partial charge on any atom is 0.317 e. The lowest BCUT2D eigenvalue weighted by molar-refractivity contribution is 0.370. The molecule has 0 aromatic heterocycles. The van der Waals surface area contributed by atoms with Gasteiger partial charge in [-0.05, 0) is 51.4 Å². The van der Waals surface area contributed by atoms with Crippen LogP contribution in [0.5, 0.6) is 0 Å². The number of rotatable bonds is 5. The van der Waals surface area contributed by atoms with Crippen LogP contribution < -0.4 is 0 Å². The second-order valence-corrected chi connectivity index (χ2v) is 19.9. The van der Waals surface area contributed by atoms with E-state index in [0.29, 0.717) is 5.54 Å². The molecule has 0 amide bonds. The van der Waals surface area contributed by atoms with Crippen LogP contribution in [-0.2, 0) is 8.23 Å². The van der Waals surface area contributed by atoms with Crippen LogP contribution in [0.2, 0.25) is 51.4 Å². The molecule has 0 atom stereocenters. The molecule has 0 aliphatic carbocycles. The first-order valence-electron chi connectivity index (χ1n) is 5.76. The van der Waals surface area contributed by atoms with E-state index in [-0.39, 0.29) is 0 Å². The van der Waals surface area contributed by atoms with Gasteiger partial charge in [-0.1, -0.05) is 13.8 Å². The maximum absolute atomic E-state index is 6.35. The van der Waals surface area contributed by atoms with Gasteiger partial charge in [-0.25, -0.2) is 0 Å². The first kappa shape index (κ1) is 15.6. The van der Waals surface area contributed by atoms with Crippen molar-refractivity contribution in [3.8, 4) is 0 Å². The summed E-state index contributed by atoms with van der Waals surface area (Å²) < 4.78 is 12.7. The monoisotopic (exact) mass is 264 g/mol. The Morgan fingerprint density at radius 3 is 1.07 bits per heavy atom. The second-order valence-electron chi connectivity index (χ2n) is 6.60. The minimum atomic E-state index is -1.97. The standard InChI is InChI=1S/C10H28O2Si3/c1-10(2)15(9,11-13(3,4)5)12-14(6,7)8/h10H,1-9H3. The summed E-state index contributed by atoms with van der Waals surface area (Å²) in [6.07, 6.45) is 0. The van der Waals surface area contributed by atoms with Crippen molar-refractivity contribution >= 4 is 25.2 Å². The molecular formula is C10H28O2Si3. The van der Waals surface area contributed by atoms with E-state index in [4.69, 9.17) is 8.23 Å². The Bertz CT molecular complexity index is 188. The fraction of sp³-hybridized carbons (Fsp3) is 1.00. The van der Waals surface area contributed by atoms with Gasteiger partial charge in [0, 0.05) is 0 Å². The summed E-state index contributed by atoms with van der Waals surface area (Å²) in [5, 5.41) is 0. The minimum absolute atomic E-state index is 0.524. The first-order valence-corrected chi connectivity index (χ1v) is 15.0. The van der Waals surface area contributed by atoms with E-state index < -0.39 is 25.2 Å². The van der Waals surface area contributed by atoms with Crippen molar-refractivity contribution in [3.63, 3.8) is 0 Å². The molecule has 0 aromatic rings. The molecule has 0 unspecified atom stereocenters. The smallest absolute Gasteiger partial charge is 0.317 e. The van der Waals surface area contributed by atoms with Crippen molar-refractivity contribution < 1.29 is 8.23 Å². The van der Waals surface area contributed by atoms with E-state index in [1.54, 1.807) is 0 Å². The van der Waals surface area contributed by atoms with Gasteiger partial charge >= 0.3 is 8.56 Å². The second kappa shape index (κ2) is 4.83. The quantitative estimate of drug-likeness (QED) is 0.694. The molecule has 0 radical (unpaired) electrons. The molecular weight excluding hydrogens is 236 g/mol. The zero-order chi connectivity index (χ0) is 12.5. The fourth-order valence-electron chi connectivity index (χ4n) is 1.47. The summed E-state index contributed by atoms with van der Waals surface area (Å²) in [4.78, 5) is 0. The minimum Gasteiger partial charge on any atom is -0.436 e. The molecule has 0 N–H and O–H groups in total. The molecule has 0 fully saturated rings. The van der Waals surface area contributed by atoms with E-state index >= 15 is 0 Å². The van der Waals surface area contributed by atoms with Gasteiger partial charge in [0.1, 0.15) is 0 Å². The maximum atomic E-state index is 6.35. The Morgan fingerprint density at radius 1 is 0.667 bits per heavy atom. The predicted octanol–water partition coefficient (Wildman–Crippen LogP) is 4.17. The van der Waals surface area contributed by atoms with Crippen LogP contribution >= 0.6 is 0 Å². The van der Waals surface area contributed by atoms with E-state index in [1.165, 1.54) is 0 Å². The highest BCUT2D eigenvalue weighted by atomic mass is 28.5. The molecule has 0 heterocycles. The largest absolute Gasteiger partial charge is 0.436 e. The summed E-state index contributed by atoms with van der Waals surface area (Å²) in [6.45, 7) is 20.2. The van der Waals surface area contributed by atoms with Gasteiger partial charge in [0.25, 0.3) is 0 Å². The molecule has 0 aliphatic rings. The molecule has 0 bridgehead atoms. The van der Waals surface area contributed by atoms with Gasteiger partial charge in [0.05, 0.1) is 0 Å². The Kier molecular flexibility index (Phi) is 5.01. The van der Waals surface area contributed by atoms with Gasteiger partial charge in [-0.2, -0.15) is 0 Å². The van der Waals surface area contributed by atoms with Crippen molar-refractivity contribution in [1.29, 1.82) is 0 Å². The predicted molar refractivity (Wildman–Crippen MR) is 75.6 cm³/mol. The lowest BCUT2D eigenvalue weighted by atomic mass is 10.6. The van der Waals surface area contributed by atoms with E-state index in [1.807, 2.05) is 0 Å². The molecule has 15 heavy (non-hydrogen) atoms. The summed E-state index contributed by atoms with van der Waals surface area (Å²) >= 11 is 0. The summed E-state index contributed by atoms with van der Waals surface area (Å²) in [7, 11) is -4.97. The molecule has 0 rings (SSSR count). The van der Waals surface area contributed by atoms with Gasteiger partial charge in [-0.15, -0.1) is 0 Å². The van der Waals surface area contributed by atoms with Gasteiger partial charge < -0.3 is 8.23 Å². The van der Waals surface area contributed by atoms with Crippen molar-refractivity contribution in [3.05, 3.63) is 0 Å². The van der Waals surface area contributed by atoms with Crippen LogP contribution in [0.3, 0.4) is 0 Å². The highest BCUT2D eigenvalue weighted by Crippen LogP contribution is 2.29. The van der Waals surface area contributed by atoms with Gasteiger partial charge in [-0.3, -0.25) is 0 Å². The van der Waals surface area contributed by atoms with Gasteiger partial charge in [0.15, 0.2) is 16.6 Å². The third-order valence-corrected chi connectivity index (χ3v) is 12.3. The molecule has 5 heteroatoms. The number of hydrogen-bond acceptors (Lipinski definition) is 2. The zero-order valence-corrected chi connectivity index (χ0v) is 14.9. The normalized spacial score (nSPS) is 14.8. The average Bonchev–Trinajstić information content (AvgIpc) is 1.75. The van der Waals surface area contributed by atoms with Crippen molar-refractivity contribution in [2.24, 2.45) is 0 Å². The van der Waals surface area contributed by atoms with Crippen molar-refractivity contribution in [2.45, 2.75) is 65.2 Å². The first-order chi connectivity index (χ1) is 6.36. The zero-order valence-electron chi connectivity index (χ0n) is 11.9. The molecule has 0 saturated carbocycles. The Hall–Kier alpha value is 0.571. The van der Waals surface area contributed by atoms with Crippen LogP contribution in [0, 0.1) is 0 Å². The van der Waals surface area contributed by atoms with E-state index in [2.05, 4.69) is 59.7 Å². The highest BCUT2D eigenvalue weighted by Gasteiger charge is 2.42. The summed E-state index contributed by atoms with van der Waals surface area (Å²) in [5.74, 6) is 0. The van der Waals surface area contributed by atoms with Crippen LogP contribution in [0.25, 0.3) is 0 Å². The molecule has 0 aliphatic heterocycles.